The van der Waals surface area contributed by atoms with E-state index in [1.165, 1.54) is 0 Å². The molecule has 1 atom stereocenters. The lowest BCUT2D eigenvalue weighted by atomic mass is 10.1. The van der Waals surface area contributed by atoms with E-state index < -0.39 is 0 Å². The summed E-state index contributed by atoms with van der Waals surface area (Å²) < 4.78 is 0.852. The average molecular weight is 323 g/mol. The van der Waals surface area contributed by atoms with Crippen molar-refractivity contribution in [2.75, 3.05) is 18.0 Å². The summed E-state index contributed by atoms with van der Waals surface area (Å²) in [5.74, 6) is 0.0962. The van der Waals surface area contributed by atoms with Gasteiger partial charge in [-0.05, 0) is 53.4 Å². The number of amides is 2. The zero-order chi connectivity index (χ0) is 13.6. The van der Waals surface area contributed by atoms with E-state index in [9.17, 15) is 9.59 Å². The second kappa shape index (κ2) is 4.63. The summed E-state index contributed by atoms with van der Waals surface area (Å²) in [6.45, 7) is 2.85. The van der Waals surface area contributed by atoms with E-state index in [0.717, 1.165) is 35.1 Å². The van der Waals surface area contributed by atoms with Crippen LogP contribution >= 0.6 is 15.9 Å². The molecule has 0 radical (unpaired) electrons. The Morgan fingerprint density at radius 1 is 1.32 bits per heavy atom. The molecule has 3 rings (SSSR count). The zero-order valence-electron chi connectivity index (χ0n) is 10.7. The van der Waals surface area contributed by atoms with E-state index in [4.69, 9.17) is 0 Å². The van der Waals surface area contributed by atoms with Crippen LogP contribution < -0.4 is 4.90 Å². The summed E-state index contributed by atoms with van der Waals surface area (Å²) in [5.41, 5.74) is 1.87. The molecule has 2 aliphatic rings. The molecule has 0 N–H and O–H groups in total. The molecular formula is C14H15BrN2O2. The first-order valence-electron chi connectivity index (χ1n) is 6.45. The first-order chi connectivity index (χ1) is 9.08. The molecule has 19 heavy (non-hydrogen) atoms. The molecule has 0 bridgehead atoms. The Kier molecular flexibility index (Phi) is 3.09. The first kappa shape index (κ1) is 12.7. The van der Waals surface area contributed by atoms with Gasteiger partial charge >= 0.3 is 0 Å². The zero-order valence-corrected chi connectivity index (χ0v) is 12.3. The quantitative estimate of drug-likeness (QED) is 0.794. The van der Waals surface area contributed by atoms with Crippen molar-refractivity contribution in [3.8, 4) is 0 Å². The van der Waals surface area contributed by atoms with E-state index >= 15 is 0 Å². The minimum atomic E-state index is -0.256. The highest BCUT2D eigenvalue weighted by atomic mass is 79.9. The first-order valence-corrected chi connectivity index (χ1v) is 7.24. The number of hydrogen-bond acceptors (Lipinski definition) is 2. The molecule has 100 valence electrons. The van der Waals surface area contributed by atoms with Crippen molar-refractivity contribution in [1.29, 1.82) is 0 Å². The minimum Gasteiger partial charge on any atom is -0.329 e. The Bertz CT molecular complexity index is 558. The molecule has 2 fully saturated rings. The van der Waals surface area contributed by atoms with Crippen LogP contribution in [0.5, 0.6) is 0 Å². The largest absolute Gasteiger partial charge is 0.329 e. The van der Waals surface area contributed by atoms with E-state index in [1.807, 2.05) is 25.1 Å². The standard InChI is InChI=1S/C14H15BrN2O2/c1-9-4-5-10(15)12(7-9)17-8-13(18)16-6-2-3-11(16)14(17)19/h4-5,7,11H,2-3,6,8H2,1H3. The molecule has 1 unspecified atom stereocenters. The monoisotopic (exact) mass is 322 g/mol. The maximum atomic E-state index is 12.5. The van der Waals surface area contributed by atoms with Gasteiger partial charge in [-0.15, -0.1) is 0 Å². The molecule has 5 heteroatoms. The Morgan fingerprint density at radius 3 is 2.89 bits per heavy atom. The van der Waals surface area contributed by atoms with Gasteiger partial charge in [0.05, 0.1) is 5.69 Å². The summed E-state index contributed by atoms with van der Waals surface area (Å²) in [4.78, 5) is 28.0. The van der Waals surface area contributed by atoms with Gasteiger partial charge in [-0.3, -0.25) is 9.59 Å². The van der Waals surface area contributed by atoms with Gasteiger partial charge in [0.2, 0.25) is 11.8 Å². The third-order valence-electron chi connectivity index (χ3n) is 3.81. The summed E-state index contributed by atoms with van der Waals surface area (Å²) in [5, 5.41) is 0. The number of carbonyl (C=O) groups is 2. The molecule has 1 aromatic rings. The maximum absolute atomic E-state index is 12.5. The molecule has 2 amide bonds. The van der Waals surface area contributed by atoms with Crippen LogP contribution in [-0.2, 0) is 9.59 Å². The highest BCUT2D eigenvalue weighted by molar-refractivity contribution is 9.10. The molecular weight excluding hydrogens is 308 g/mol. The number of carbonyl (C=O) groups excluding carboxylic acids is 2. The van der Waals surface area contributed by atoms with Crippen molar-refractivity contribution in [3.63, 3.8) is 0 Å². The van der Waals surface area contributed by atoms with Crippen LogP contribution in [0.4, 0.5) is 5.69 Å². The molecule has 0 aromatic heterocycles. The van der Waals surface area contributed by atoms with Crippen LogP contribution in [0.1, 0.15) is 18.4 Å². The van der Waals surface area contributed by atoms with E-state index in [0.29, 0.717) is 0 Å². The van der Waals surface area contributed by atoms with Crippen molar-refractivity contribution in [1.82, 2.24) is 4.90 Å². The smallest absolute Gasteiger partial charge is 0.250 e. The van der Waals surface area contributed by atoms with Crippen LogP contribution in [0.2, 0.25) is 0 Å². The van der Waals surface area contributed by atoms with Crippen molar-refractivity contribution in [3.05, 3.63) is 28.2 Å². The Balaban J connectivity index is 1.98. The van der Waals surface area contributed by atoms with Gasteiger partial charge in [-0.1, -0.05) is 6.07 Å². The molecule has 2 aliphatic heterocycles. The summed E-state index contributed by atoms with van der Waals surface area (Å²) in [6.07, 6.45) is 1.70. The second-order valence-electron chi connectivity index (χ2n) is 5.12. The van der Waals surface area contributed by atoms with Gasteiger partial charge in [-0.25, -0.2) is 0 Å². The van der Waals surface area contributed by atoms with Crippen LogP contribution in [0.3, 0.4) is 0 Å². The van der Waals surface area contributed by atoms with Gasteiger partial charge in [0, 0.05) is 11.0 Å². The Labute approximate surface area is 120 Å². The fourth-order valence-corrected chi connectivity index (χ4v) is 3.30. The highest BCUT2D eigenvalue weighted by Crippen LogP contribution is 2.32. The number of hydrogen-bond donors (Lipinski definition) is 0. The number of anilines is 1. The molecule has 4 nitrogen and oxygen atoms in total. The number of nitrogens with zero attached hydrogens (tertiary/aromatic N) is 2. The molecule has 2 heterocycles. The molecule has 0 spiro atoms. The van der Waals surface area contributed by atoms with Crippen molar-refractivity contribution >= 4 is 33.4 Å². The van der Waals surface area contributed by atoms with Crippen LogP contribution in [-0.4, -0.2) is 35.8 Å². The van der Waals surface area contributed by atoms with E-state index in [1.54, 1.807) is 9.80 Å². The Morgan fingerprint density at radius 2 is 2.11 bits per heavy atom. The number of piperazine rings is 1. The predicted molar refractivity (Wildman–Crippen MR) is 76.0 cm³/mol. The van der Waals surface area contributed by atoms with Gasteiger partial charge in [0.1, 0.15) is 12.6 Å². The SMILES string of the molecule is Cc1ccc(Br)c(N2CC(=O)N3CCCC3C2=O)c1. The van der Waals surface area contributed by atoms with E-state index in [2.05, 4.69) is 15.9 Å². The third-order valence-corrected chi connectivity index (χ3v) is 4.48. The van der Waals surface area contributed by atoms with Crippen LogP contribution in [0, 0.1) is 6.92 Å². The molecule has 2 saturated heterocycles. The molecule has 0 aliphatic carbocycles. The van der Waals surface area contributed by atoms with Crippen LogP contribution in [0.25, 0.3) is 0 Å². The topological polar surface area (TPSA) is 40.6 Å². The summed E-state index contributed by atoms with van der Waals surface area (Å²) in [6, 6.07) is 5.59. The fraction of sp³-hybridized carbons (Fsp3) is 0.429. The maximum Gasteiger partial charge on any atom is 0.250 e. The number of aryl methyl sites for hydroxylation is 1. The van der Waals surface area contributed by atoms with E-state index in [-0.39, 0.29) is 24.4 Å². The lowest BCUT2D eigenvalue weighted by Crippen LogP contribution is -2.57. The molecule has 1 aromatic carbocycles. The predicted octanol–water partition coefficient (Wildman–Crippen LogP) is 2.10. The van der Waals surface area contributed by atoms with Crippen molar-refractivity contribution in [2.24, 2.45) is 0 Å². The lowest BCUT2D eigenvalue weighted by molar-refractivity contribution is -0.140. The minimum absolute atomic E-state index is 0.0448. The van der Waals surface area contributed by atoms with Gasteiger partial charge in [0.25, 0.3) is 0 Å². The van der Waals surface area contributed by atoms with Gasteiger partial charge in [-0.2, -0.15) is 0 Å². The van der Waals surface area contributed by atoms with Crippen molar-refractivity contribution in [2.45, 2.75) is 25.8 Å². The van der Waals surface area contributed by atoms with Crippen molar-refractivity contribution < 1.29 is 9.59 Å². The van der Waals surface area contributed by atoms with Gasteiger partial charge < -0.3 is 9.80 Å². The third kappa shape index (κ3) is 2.06. The van der Waals surface area contributed by atoms with Crippen LogP contribution in [0.15, 0.2) is 22.7 Å². The molecule has 0 saturated carbocycles. The highest BCUT2D eigenvalue weighted by Gasteiger charge is 2.42. The number of halogens is 1. The summed E-state index contributed by atoms with van der Waals surface area (Å²) in [7, 11) is 0. The van der Waals surface area contributed by atoms with Gasteiger partial charge in [0.15, 0.2) is 0 Å². The number of fused-ring (bicyclic) bond motifs is 1. The second-order valence-corrected chi connectivity index (χ2v) is 5.98. The average Bonchev–Trinajstić information content (AvgIpc) is 2.87. The normalized spacial score (nSPS) is 22.9. The fourth-order valence-electron chi connectivity index (χ4n) is 2.84. The Hall–Kier alpha value is -1.36. The number of rotatable bonds is 1. The number of benzene rings is 1. The summed E-state index contributed by atoms with van der Waals surface area (Å²) >= 11 is 3.47. The lowest BCUT2D eigenvalue weighted by Gasteiger charge is -2.36.